The average molecular weight is 207 g/mol. The molecule has 1 fully saturated rings. The molecular weight excluding hydrogens is 182 g/mol. The molecule has 0 heterocycles. The van der Waals surface area contributed by atoms with Gasteiger partial charge >= 0.3 is 0 Å². The molecule has 2 bridgehead atoms. The first-order valence-electron chi connectivity index (χ1n) is 6.52. The smallest absolute Gasteiger partial charge is 0.00754 e. The first-order valence-corrected chi connectivity index (χ1v) is 6.52. The van der Waals surface area contributed by atoms with Crippen molar-refractivity contribution in [3.8, 4) is 0 Å². The summed E-state index contributed by atoms with van der Waals surface area (Å²) in [6, 6.07) is 1.32. The summed E-state index contributed by atoms with van der Waals surface area (Å²) < 4.78 is 0. The number of rotatable bonds is 4. The maximum absolute atomic E-state index is 3.77. The minimum atomic E-state index is 0.642. The number of fused-ring (bicyclic) bond motifs is 2. The number of allylic oxidation sites excluding steroid dienone is 2. The summed E-state index contributed by atoms with van der Waals surface area (Å²) in [6.07, 6.45) is 7.73. The highest BCUT2D eigenvalue weighted by Crippen LogP contribution is 2.44. The fraction of sp³-hybridized carbons (Fsp3) is 0.857. The van der Waals surface area contributed by atoms with E-state index in [1.165, 1.54) is 12.8 Å². The van der Waals surface area contributed by atoms with Gasteiger partial charge in [0.1, 0.15) is 0 Å². The first-order chi connectivity index (χ1) is 7.08. The van der Waals surface area contributed by atoms with Gasteiger partial charge in [-0.1, -0.05) is 26.0 Å². The molecule has 0 radical (unpaired) electrons. The number of hydrogen-bond acceptors (Lipinski definition) is 1. The fourth-order valence-corrected chi connectivity index (χ4v) is 3.13. The molecule has 0 amide bonds. The first kappa shape index (κ1) is 11.2. The zero-order valence-corrected chi connectivity index (χ0v) is 10.5. The van der Waals surface area contributed by atoms with E-state index in [9.17, 15) is 0 Å². The van der Waals surface area contributed by atoms with Gasteiger partial charge in [-0.2, -0.15) is 0 Å². The van der Waals surface area contributed by atoms with Crippen molar-refractivity contribution in [1.29, 1.82) is 0 Å². The number of hydrogen-bond donors (Lipinski definition) is 1. The quantitative estimate of drug-likeness (QED) is 0.698. The number of nitrogens with one attached hydrogen (secondary N) is 1. The monoisotopic (exact) mass is 207 g/mol. The van der Waals surface area contributed by atoms with Crippen LogP contribution in [0.4, 0.5) is 0 Å². The molecule has 1 saturated carbocycles. The third-order valence-corrected chi connectivity index (χ3v) is 4.50. The minimum Gasteiger partial charge on any atom is -0.311 e. The van der Waals surface area contributed by atoms with Crippen LogP contribution in [-0.4, -0.2) is 12.1 Å². The second-order valence-electron chi connectivity index (χ2n) is 5.93. The van der Waals surface area contributed by atoms with Gasteiger partial charge in [-0.25, -0.2) is 0 Å². The molecule has 2 rings (SSSR count). The van der Waals surface area contributed by atoms with E-state index in [1.807, 2.05) is 0 Å². The summed E-state index contributed by atoms with van der Waals surface area (Å²) in [6.45, 7) is 9.28. The Bertz CT molecular complexity index is 244. The highest BCUT2D eigenvalue weighted by Gasteiger charge is 2.38. The van der Waals surface area contributed by atoms with Crippen molar-refractivity contribution in [1.82, 2.24) is 5.32 Å². The molecule has 0 aromatic rings. The summed E-state index contributed by atoms with van der Waals surface area (Å²) in [7, 11) is 0. The lowest BCUT2D eigenvalue weighted by molar-refractivity contribution is 0.281. The summed E-state index contributed by atoms with van der Waals surface area (Å²) in [4.78, 5) is 0. The molecule has 0 aliphatic heterocycles. The maximum Gasteiger partial charge on any atom is 0.00754 e. The van der Waals surface area contributed by atoms with Gasteiger partial charge in [-0.3, -0.25) is 0 Å². The zero-order valence-electron chi connectivity index (χ0n) is 10.5. The molecule has 1 N–H and O–H groups in total. The van der Waals surface area contributed by atoms with Crippen LogP contribution in [0.2, 0.25) is 0 Å². The molecule has 5 atom stereocenters. The van der Waals surface area contributed by atoms with Gasteiger partial charge in [0.15, 0.2) is 0 Å². The van der Waals surface area contributed by atoms with Crippen molar-refractivity contribution in [3.63, 3.8) is 0 Å². The molecule has 86 valence electrons. The van der Waals surface area contributed by atoms with Crippen LogP contribution in [0.5, 0.6) is 0 Å². The van der Waals surface area contributed by atoms with E-state index in [4.69, 9.17) is 0 Å². The van der Waals surface area contributed by atoms with Crippen molar-refractivity contribution in [2.24, 2.45) is 23.7 Å². The van der Waals surface area contributed by atoms with Gasteiger partial charge in [0.2, 0.25) is 0 Å². The van der Waals surface area contributed by atoms with E-state index in [0.717, 1.165) is 23.7 Å². The molecule has 0 spiro atoms. The van der Waals surface area contributed by atoms with E-state index in [1.54, 1.807) is 0 Å². The lowest BCUT2D eigenvalue weighted by Gasteiger charge is -2.30. The van der Waals surface area contributed by atoms with Crippen molar-refractivity contribution in [2.45, 2.75) is 52.6 Å². The van der Waals surface area contributed by atoms with Crippen LogP contribution < -0.4 is 5.32 Å². The Morgan fingerprint density at radius 1 is 1.07 bits per heavy atom. The van der Waals surface area contributed by atoms with E-state index in [2.05, 4.69) is 45.2 Å². The molecule has 5 unspecified atom stereocenters. The molecular formula is C14H25N. The Hall–Kier alpha value is -0.300. The van der Waals surface area contributed by atoms with Gasteiger partial charge in [-0.05, 0) is 50.4 Å². The largest absolute Gasteiger partial charge is 0.311 e. The molecule has 1 nitrogen and oxygen atoms in total. The van der Waals surface area contributed by atoms with E-state index in [-0.39, 0.29) is 0 Å². The van der Waals surface area contributed by atoms with E-state index < -0.39 is 0 Å². The lowest BCUT2D eigenvalue weighted by Crippen LogP contribution is -2.43. The fourth-order valence-electron chi connectivity index (χ4n) is 3.13. The SMILES string of the molecule is CC(C)C(C)NC(C)C1CC2C=CC1C2. The Labute approximate surface area is 94.3 Å². The van der Waals surface area contributed by atoms with Gasteiger partial charge < -0.3 is 5.32 Å². The Morgan fingerprint density at radius 2 is 1.80 bits per heavy atom. The Morgan fingerprint density at radius 3 is 2.27 bits per heavy atom. The molecule has 0 aromatic carbocycles. The molecule has 2 aliphatic rings. The summed E-state index contributed by atoms with van der Waals surface area (Å²) in [5, 5.41) is 3.77. The Balaban J connectivity index is 1.86. The van der Waals surface area contributed by atoms with Crippen LogP contribution in [0.25, 0.3) is 0 Å². The van der Waals surface area contributed by atoms with Crippen LogP contribution >= 0.6 is 0 Å². The molecule has 15 heavy (non-hydrogen) atoms. The van der Waals surface area contributed by atoms with Crippen LogP contribution in [0.15, 0.2) is 12.2 Å². The summed E-state index contributed by atoms with van der Waals surface area (Å²) in [5.74, 6) is 3.40. The standard InChI is InChI=1S/C14H25N/c1-9(2)10(3)15-11(4)14-8-12-5-6-13(14)7-12/h5-6,9-15H,7-8H2,1-4H3. The highest BCUT2D eigenvalue weighted by atomic mass is 15.0. The van der Waals surface area contributed by atoms with Gasteiger partial charge in [0.25, 0.3) is 0 Å². The van der Waals surface area contributed by atoms with Crippen molar-refractivity contribution >= 4 is 0 Å². The van der Waals surface area contributed by atoms with Crippen LogP contribution in [0, 0.1) is 23.7 Å². The third-order valence-electron chi connectivity index (χ3n) is 4.50. The molecule has 0 aromatic heterocycles. The average Bonchev–Trinajstić information content (AvgIpc) is 2.78. The highest BCUT2D eigenvalue weighted by molar-refractivity contribution is 5.11. The van der Waals surface area contributed by atoms with E-state index in [0.29, 0.717) is 12.1 Å². The topological polar surface area (TPSA) is 12.0 Å². The molecule has 0 saturated heterocycles. The van der Waals surface area contributed by atoms with Crippen molar-refractivity contribution < 1.29 is 0 Å². The van der Waals surface area contributed by atoms with Crippen molar-refractivity contribution in [2.75, 3.05) is 0 Å². The van der Waals surface area contributed by atoms with E-state index >= 15 is 0 Å². The minimum absolute atomic E-state index is 0.642. The third kappa shape index (κ3) is 2.28. The predicted octanol–water partition coefficient (Wildman–Crippen LogP) is 3.22. The predicted molar refractivity (Wildman–Crippen MR) is 65.7 cm³/mol. The van der Waals surface area contributed by atoms with Crippen LogP contribution in [0.1, 0.15) is 40.5 Å². The Kier molecular flexibility index (Phi) is 3.20. The molecule has 1 heteroatoms. The van der Waals surface area contributed by atoms with Crippen molar-refractivity contribution in [3.05, 3.63) is 12.2 Å². The second-order valence-corrected chi connectivity index (χ2v) is 5.93. The summed E-state index contributed by atoms with van der Waals surface area (Å²) in [5.41, 5.74) is 0. The van der Waals surface area contributed by atoms with Crippen LogP contribution in [-0.2, 0) is 0 Å². The zero-order chi connectivity index (χ0) is 11.0. The lowest BCUT2D eigenvalue weighted by atomic mass is 9.87. The maximum atomic E-state index is 3.77. The summed E-state index contributed by atoms with van der Waals surface area (Å²) >= 11 is 0. The normalized spacial score (nSPS) is 37.5. The second kappa shape index (κ2) is 4.29. The van der Waals surface area contributed by atoms with Gasteiger partial charge in [0, 0.05) is 12.1 Å². The molecule has 2 aliphatic carbocycles. The van der Waals surface area contributed by atoms with Crippen LogP contribution in [0.3, 0.4) is 0 Å². The van der Waals surface area contributed by atoms with Gasteiger partial charge in [0.05, 0.1) is 0 Å². The van der Waals surface area contributed by atoms with Gasteiger partial charge in [-0.15, -0.1) is 0 Å².